The minimum Gasteiger partial charge on any atom is -0.367 e. The van der Waals surface area contributed by atoms with E-state index in [9.17, 15) is 9.18 Å². The molecule has 4 rings (SSSR count). The maximum Gasteiger partial charge on any atom is 0.246 e. The van der Waals surface area contributed by atoms with E-state index in [1.807, 2.05) is 36.7 Å². The SMILES string of the molecule is O=C(NCCN1CCN(c2ccccc2F)CC1)C1(n2cccc2)CCCCC1. The Morgan fingerprint density at radius 3 is 2.34 bits per heavy atom. The lowest BCUT2D eigenvalue weighted by molar-refractivity contribution is -0.131. The van der Waals surface area contributed by atoms with Crippen molar-refractivity contribution in [2.75, 3.05) is 44.2 Å². The summed E-state index contributed by atoms with van der Waals surface area (Å²) >= 11 is 0. The van der Waals surface area contributed by atoms with Crippen LogP contribution in [0.2, 0.25) is 0 Å². The van der Waals surface area contributed by atoms with Gasteiger partial charge in [-0.15, -0.1) is 0 Å². The average molecular weight is 399 g/mol. The van der Waals surface area contributed by atoms with E-state index in [4.69, 9.17) is 0 Å². The van der Waals surface area contributed by atoms with E-state index in [-0.39, 0.29) is 11.7 Å². The van der Waals surface area contributed by atoms with Crippen molar-refractivity contribution in [2.45, 2.75) is 37.6 Å². The van der Waals surface area contributed by atoms with Gasteiger partial charge in [-0.25, -0.2) is 4.39 Å². The smallest absolute Gasteiger partial charge is 0.246 e. The summed E-state index contributed by atoms with van der Waals surface area (Å²) < 4.78 is 16.1. The molecule has 0 atom stereocenters. The lowest BCUT2D eigenvalue weighted by Gasteiger charge is -2.38. The fourth-order valence-corrected chi connectivity index (χ4v) is 4.77. The highest BCUT2D eigenvalue weighted by atomic mass is 19.1. The summed E-state index contributed by atoms with van der Waals surface area (Å²) in [5.41, 5.74) is 0.261. The monoisotopic (exact) mass is 398 g/mol. The van der Waals surface area contributed by atoms with Gasteiger partial charge < -0.3 is 14.8 Å². The van der Waals surface area contributed by atoms with Crippen LogP contribution in [0.1, 0.15) is 32.1 Å². The summed E-state index contributed by atoms with van der Waals surface area (Å²) in [4.78, 5) is 17.6. The van der Waals surface area contributed by atoms with E-state index in [0.717, 1.165) is 58.4 Å². The second-order valence-electron chi connectivity index (χ2n) is 8.22. The maximum absolute atomic E-state index is 14.0. The Morgan fingerprint density at radius 1 is 0.966 bits per heavy atom. The summed E-state index contributed by atoms with van der Waals surface area (Å²) in [6.45, 7) is 4.87. The lowest BCUT2D eigenvalue weighted by atomic mass is 9.80. The summed E-state index contributed by atoms with van der Waals surface area (Å²) in [7, 11) is 0. The molecule has 2 heterocycles. The quantitative estimate of drug-likeness (QED) is 0.812. The standard InChI is InChI=1S/C23H31FN4O/c24-20-8-2-3-9-21(20)27-18-16-26(17-19-27)15-12-25-22(29)23(10-4-1-5-11-23)28-13-6-7-14-28/h2-3,6-9,13-14H,1,4-5,10-12,15-19H2,(H,25,29). The Balaban J connectivity index is 1.27. The third-order valence-electron chi connectivity index (χ3n) is 6.48. The zero-order valence-electron chi connectivity index (χ0n) is 17.0. The van der Waals surface area contributed by atoms with Gasteiger partial charge in [0.1, 0.15) is 11.4 Å². The fourth-order valence-electron chi connectivity index (χ4n) is 4.77. The molecule has 1 N–H and O–H groups in total. The number of hydrogen-bond donors (Lipinski definition) is 1. The molecule has 0 unspecified atom stereocenters. The van der Waals surface area contributed by atoms with Crippen LogP contribution in [-0.2, 0) is 10.3 Å². The van der Waals surface area contributed by atoms with Crippen molar-refractivity contribution in [3.8, 4) is 0 Å². The molecular formula is C23H31FN4O. The molecule has 1 saturated heterocycles. The highest BCUT2D eigenvalue weighted by Gasteiger charge is 2.40. The predicted molar refractivity (Wildman–Crippen MR) is 114 cm³/mol. The van der Waals surface area contributed by atoms with Crippen molar-refractivity contribution >= 4 is 11.6 Å². The van der Waals surface area contributed by atoms with Crippen LogP contribution >= 0.6 is 0 Å². The summed E-state index contributed by atoms with van der Waals surface area (Å²) in [5, 5.41) is 3.21. The van der Waals surface area contributed by atoms with Crippen molar-refractivity contribution in [1.82, 2.24) is 14.8 Å². The molecule has 0 radical (unpaired) electrons. The van der Waals surface area contributed by atoms with Crippen LogP contribution in [0.15, 0.2) is 48.8 Å². The number of carbonyl (C=O) groups is 1. The van der Waals surface area contributed by atoms with Gasteiger partial charge in [-0.2, -0.15) is 0 Å². The molecule has 1 saturated carbocycles. The third-order valence-corrected chi connectivity index (χ3v) is 6.48. The van der Waals surface area contributed by atoms with E-state index in [2.05, 4.69) is 19.7 Å². The fraction of sp³-hybridized carbons (Fsp3) is 0.522. The van der Waals surface area contributed by atoms with E-state index < -0.39 is 5.54 Å². The molecule has 1 aromatic carbocycles. The molecule has 2 fully saturated rings. The average Bonchev–Trinajstić information content (AvgIpc) is 3.31. The maximum atomic E-state index is 14.0. The van der Waals surface area contributed by atoms with E-state index in [1.165, 1.54) is 12.5 Å². The molecule has 1 aromatic heterocycles. The van der Waals surface area contributed by atoms with Gasteiger partial charge in [-0.3, -0.25) is 9.69 Å². The number of para-hydroxylation sites is 1. The molecule has 2 aromatic rings. The van der Waals surface area contributed by atoms with E-state index >= 15 is 0 Å². The number of anilines is 1. The Hall–Kier alpha value is -2.34. The van der Waals surface area contributed by atoms with Gasteiger partial charge in [0, 0.05) is 51.7 Å². The molecular weight excluding hydrogens is 367 g/mol. The van der Waals surface area contributed by atoms with Crippen LogP contribution in [0.3, 0.4) is 0 Å². The molecule has 1 aliphatic heterocycles. The van der Waals surface area contributed by atoms with Gasteiger partial charge in [-0.1, -0.05) is 31.4 Å². The second kappa shape index (κ2) is 8.99. The van der Waals surface area contributed by atoms with E-state index in [0.29, 0.717) is 12.2 Å². The molecule has 1 amide bonds. The molecule has 0 spiro atoms. The van der Waals surface area contributed by atoms with Crippen LogP contribution < -0.4 is 10.2 Å². The molecule has 6 heteroatoms. The predicted octanol–water partition coefficient (Wildman–Crippen LogP) is 3.23. The number of benzene rings is 1. The number of aromatic nitrogens is 1. The van der Waals surface area contributed by atoms with Gasteiger partial charge in [-0.05, 0) is 37.1 Å². The van der Waals surface area contributed by atoms with Crippen LogP contribution in [0.25, 0.3) is 0 Å². The first kappa shape index (κ1) is 20.0. The summed E-state index contributed by atoms with van der Waals surface area (Å²) in [6.07, 6.45) is 9.28. The van der Waals surface area contributed by atoms with Crippen molar-refractivity contribution in [1.29, 1.82) is 0 Å². The number of piperazine rings is 1. The Labute approximate surface area is 172 Å². The van der Waals surface area contributed by atoms with Crippen LogP contribution in [0.5, 0.6) is 0 Å². The van der Waals surface area contributed by atoms with Crippen molar-refractivity contribution in [3.05, 3.63) is 54.6 Å². The highest BCUT2D eigenvalue weighted by molar-refractivity contribution is 5.84. The molecule has 2 aliphatic rings. The normalized spacial score (nSPS) is 19.8. The molecule has 5 nitrogen and oxygen atoms in total. The van der Waals surface area contributed by atoms with Crippen LogP contribution in [-0.4, -0.2) is 54.6 Å². The van der Waals surface area contributed by atoms with Gasteiger partial charge >= 0.3 is 0 Å². The zero-order chi connectivity index (χ0) is 20.1. The number of carbonyl (C=O) groups excluding carboxylic acids is 1. The first-order valence-electron chi connectivity index (χ1n) is 10.8. The number of nitrogens with zero attached hydrogens (tertiary/aromatic N) is 3. The van der Waals surface area contributed by atoms with Gasteiger partial charge in [0.25, 0.3) is 0 Å². The number of hydrogen-bond acceptors (Lipinski definition) is 3. The minimum absolute atomic E-state index is 0.151. The number of nitrogens with one attached hydrogen (secondary N) is 1. The van der Waals surface area contributed by atoms with Crippen LogP contribution in [0.4, 0.5) is 10.1 Å². The number of halogens is 1. The first-order chi connectivity index (χ1) is 14.2. The van der Waals surface area contributed by atoms with Crippen molar-refractivity contribution in [2.24, 2.45) is 0 Å². The topological polar surface area (TPSA) is 40.5 Å². The highest BCUT2D eigenvalue weighted by Crippen LogP contribution is 2.35. The molecule has 156 valence electrons. The second-order valence-corrected chi connectivity index (χ2v) is 8.22. The zero-order valence-corrected chi connectivity index (χ0v) is 17.0. The van der Waals surface area contributed by atoms with Gasteiger partial charge in [0.2, 0.25) is 5.91 Å². The molecule has 0 bridgehead atoms. The Morgan fingerprint density at radius 2 is 1.66 bits per heavy atom. The molecule has 1 aliphatic carbocycles. The Bertz CT molecular complexity index is 793. The summed E-state index contributed by atoms with van der Waals surface area (Å²) in [6, 6.07) is 11.0. The largest absolute Gasteiger partial charge is 0.367 e. The lowest BCUT2D eigenvalue weighted by Crippen LogP contribution is -2.52. The van der Waals surface area contributed by atoms with Crippen molar-refractivity contribution < 1.29 is 9.18 Å². The first-order valence-corrected chi connectivity index (χ1v) is 10.8. The van der Waals surface area contributed by atoms with Gasteiger partial charge in [0.15, 0.2) is 0 Å². The third kappa shape index (κ3) is 4.32. The minimum atomic E-state index is -0.425. The van der Waals surface area contributed by atoms with Crippen molar-refractivity contribution in [3.63, 3.8) is 0 Å². The van der Waals surface area contributed by atoms with Crippen LogP contribution in [0, 0.1) is 5.82 Å². The summed E-state index contributed by atoms with van der Waals surface area (Å²) in [5.74, 6) is -0.00519. The van der Waals surface area contributed by atoms with Gasteiger partial charge in [0.05, 0.1) is 5.69 Å². The van der Waals surface area contributed by atoms with E-state index in [1.54, 1.807) is 6.07 Å². The number of amides is 1. The number of rotatable bonds is 6. The molecule has 29 heavy (non-hydrogen) atoms. The Kier molecular flexibility index (Phi) is 6.19.